The van der Waals surface area contributed by atoms with Crippen LogP contribution in [-0.4, -0.2) is 34.0 Å². The summed E-state index contributed by atoms with van der Waals surface area (Å²) in [5.74, 6) is -0.277. The molecular formula is C9H14N6O. The number of aromatic nitrogens is 3. The zero-order valence-electron chi connectivity index (χ0n) is 8.89. The number of nitriles is 1. The molecule has 0 spiro atoms. The third kappa shape index (κ3) is 3.67. The van der Waals surface area contributed by atoms with Crippen LogP contribution in [0, 0.1) is 11.3 Å². The van der Waals surface area contributed by atoms with E-state index >= 15 is 0 Å². The predicted molar refractivity (Wildman–Crippen MR) is 56.3 cm³/mol. The molecule has 0 radical (unpaired) electrons. The van der Waals surface area contributed by atoms with E-state index in [1.165, 1.54) is 4.68 Å². The highest BCUT2D eigenvalue weighted by Gasteiger charge is 2.09. The van der Waals surface area contributed by atoms with Crippen molar-refractivity contribution in [2.45, 2.75) is 19.4 Å². The Bertz CT molecular complexity index is 380. The van der Waals surface area contributed by atoms with Crippen molar-refractivity contribution in [1.82, 2.24) is 20.3 Å². The molecule has 0 saturated carbocycles. The van der Waals surface area contributed by atoms with Crippen LogP contribution in [0.25, 0.3) is 0 Å². The van der Waals surface area contributed by atoms with Gasteiger partial charge >= 0.3 is 0 Å². The molecule has 0 aliphatic heterocycles. The molecule has 0 atom stereocenters. The number of hydrogen-bond acceptors (Lipinski definition) is 5. The largest absolute Gasteiger partial charge is 0.351 e. The summed E-state index contributed by atoms with van der Waals surface area (Å²) in [5.41, 5.74) is 5.61. The lowest BCUT2D eigenvalue weighted by Crippen LogP contribution is -2.24. The zero-order valence-corrected chi connectivity index (χ0v) is 8.89. The molecule has 7 nitrogen and oxygen atoms in total. The fraction of sp³-hybridized carbons (Fsp3) is 0.556. The lowest BCUT2D eigenvalue weighted by Gasteiger charge is -1.99. The zero-order chi connectivity index (χ0) is 11.8. The van der Waals surface area contributed by atoms with Gasteiger partial charge in [0.15, 0.2) is 5.69 Å². The van der Waals surface area contributed by atoms with Crippen LogP contribution in [-0.2, 0) is 6.54 Å². The van der Waals surface area contributed by atoms with Gasteiger partial charge in [0.2, 0.25) is 0 Å². The third-order valence-corrected chi connectivity index (χ3v) is 1.88. The third-order valence-electron chi connectivity index (χ3n) is 1.88. The second kappa shape index (κ2) is 6.53. The van der Waals surface area contributed by atoms with Crippen LogP contribution in [0.5, 0.6) is 0 Å². The Kier molecular flexibility index (Phi) is 4.95. The first-order valence-electron chi connectivity index (χ1n) is 5.03. The molecule has 1 amide bonds. The molecule has 0 fully saturated rings. The summed E-state index contributed by atoms with van der Waals surface area (Å²) >= 11 is 0. The molecule has 0 unspecified atom stereocenters. The molecule has 3 N–H and O–H groups in total. The SMILES string of the molecule is N#CCCCNC(=O)c1cn(CCN)nn1. The number of nitrogens with one attached hydrogen (secondary N) is 1. The van der Waals surface area contributed by atoms with Gasteiger partial charge in [-0.15, -0.1) is 5.10 Å². The standard InChI is InChI=1S/C9H14N6O/c10-3-1-2-5-12-9(16)8-7-15(6-4-11)14-13-8/h7H,1-2,4-6,11H2,(H,12,16). The minimum Gasteiger partial charge on any atom is -0.351 e. The average Bonchev–Trinajstić information content (AvgIpc) is 2.73. The van der Waals surface area contributed by atoms with Crippen LogP contribution < -0.4 is 11.1 Å². The number of carbonyl (C=O) groups is 1. The monoisotopic (exact) mass is 222 g/mol. The van der Waals surface area contributed by atoms with Crippen molar-refractivity contribution in [3.05, 3.63) is 11.9 Å². The molecular weight excluding hydrogens is 208 g/mol. The van der Waals surface area contributed by atoms with Crippen molar-refractivity contribution in [2.24, 2.45) is 5.73 Å². The second-order valence-corrected chi connectivity index (χ2v) is 3.17. The summed E-state index contributed by atoms with van der Waals surface area (Å²) in [4.78, 5) is 11.5. The van der Waals surface area contributed by atoms with E-state index in [1.807, 2.05) is 6.07 Å². The quantitative estimate of drug-likeness (QED) is 0.617. The normalized spacial score (nSPS) is 9.75. The Hall–Kier alpha value is -1.94. The second-order valence-electron chi connectivity index (χ2n) is 3.17. The Morgan fingerprint density at radius 3 is 3.19 bits per heavy atom. The maximum Gasteiger partial charge on any atom is 0.273 e. The number of nitrogens with zero attached hydrogens (tertiary/aromatic N) is 4. The molecule has 1 aromatic rings. The van der Waals surface area contributed by atoms with Gasteiger partial charge in [-0.1, -0.05) is 5.21 Å². The van der Waals surface area contributed by atoms with Gasteiger partial charge < -0.3 is 11.1 Å². The van der Waals surface area contributed by atoms with Gasteiger partial charge in [-0.25, -0.2) is 0 Å². The maximum absolute atomic E-state index is 11.5. The highest BCUT2D eigenvalue weighted by Crippen LogP contribution is 1.93. The summed E-state index contributed by atoms with van der Waals surface area (Å²) < 4.78 is 1.52. The smallest absolute Gasteiger partial charge is 0.273 e. The summed E-state index contributed by atoms with van der Waals surface area (Å²) in [6, 6.07) is 2.00. The van der Waals surface area contributed by atoms with E-state index < -0.39 is 0 Å². The highest BCUT2D eigenvalue weighted by molar-refractivity contribution is 5.91. The topological polar surface area (TPSA) is 110 Å². The predicted octanol–water partition coefficient (Wildman–Crippen LogP) is -0.730. The van der Waals surface area contributed by atoms with Gasteiger partial charge in [0.25, 0.3) is 5.91 Å². The first kappa shape index (κ1) is 12.1. The first-order chi connectivity index (χ1) is 7.77. The van der Waals surface area contributed by atoms with E-state index in [2.05, 4.69) is 15.6 Å². The number of unbranched alkanes of at least 4 members (excludes halogenated alkanes) is 1. The van der Waals surface area contributed by atoms with Gasteiger partial charge in [0, 0.05) is 19.5 Å². The van der Waals surface area contributed by atoms with E-state index in [4.69, 9.17) is 11.0 Å². The summed E-state index contributed by atoms with van der Waals surface area (Å²) in [6.07, 6.45) is 2.62. The number of hydrogen-bond donors (Lipinski definition) is 2. The van der Waals surface area contributed by atoms with Crippen molar-refractivity contribution in [3.8, 4) is 6.07 Å². The van der Waals surface area contributed by atoms with Crippen LogP contribution >= 0.6 is 0 Å². The summed E-state index contributed by atoms with van der Waals surface area (Å²) in [5, 5.41) is 18.4. The summed E-state index contributed by atoms with van der Waals surface area (Å²) in [7, 11) is 0. The fourth-order valence-electron chi connectivity index (χ4n) is 1.10. The van der Waals surface area contributed by atoms with E-state index in [0.717, 1.165) is 0 Å². The lowest BCUT2D eigenvalue weighted by molar-refractivity contribution is 0.0948. The average molecular weight is 222 g/mol. The van der Waals surface area contributed by atoms with Crippen molar-refractivity contribution < 1.29 is 4.79 Å². The van der Waals surface area contributed by atoms with E-state index in [1.54, 1.807) is 6.20 Å². The Morgan fingerprint density at radius 1 is 1.69 bits per heavy atom. The van der Waals surface area contributed by atoms with Gasteiger partial charge in [-0.05, 0) is 6.42 Å². The first-order valence-corrected chi connectivity index (χ1v) is 5.03. The molecule has 0 aromatic carbocycles. The molecule has 86 valence electrons. The molecule has 1 heterocycles. The Balaban J connectivity index is 2.38. The molecule has 0 saturated heterocycles. The molecule has 1 rings (SSSR count). The van der Waals surface area contributed by atoms with E-state index in [9.17, 15) is 4.79 Å². The lowest BCUT2D eigenvalue weighted by atomic mass is 10.3. The maximum atomic E-state index is 11.5. The van der Waals surface area contributed by atoms with Crippen LogP contribution in [0.1, 0.15) is 23.3 Å². The highest BCUT2D eigenvalue weighted by atomic mass is 16.2. The van der Waals surface area contributed by atoms with E-state index in [0.29, 0.717) is 32.5 Å². The van der Waals surface area contributed by atoms with Crippen LogP contribution in [0.15, 0.2) is 6.20 Å². The molecule has 7 heteroatoms. The van der Waals surface area contributed by atoms with Crippen molar-refractivity contribution in [1.29, 1.82) is 5.26 Å². The van der Waals surface area contributed by atoms with Crippen LogP contribution in [0.2, 0.25) is 0 Å². The minimum atomic E-state index is -0.277. The van der Waals surface area contributed by atoms with E-state index in [-0.39, 0.29) is 11.6 Å². The Morgan fingerprint density at radius 2 is 2.50 bits per heavy atom. The molecule has 16 heavy (non-hydrogen) atoms. The summed E-state index contributed by atoms with van der Waals surface area (Å²) in [6.45, 7) is 1.46. The van der Waals surface area contributed by atoms with Crippen LogP contribution in [0.4, 0.5) is 0 Å². The van der Waals surface area contributed by atoms with Crippen molar-refractivity contribution in [3.63, 3.8) is 0 Å². The number of rotatable bonds is 6. The minimum absolute atomic E-state index is 0.269. The molecule has 0 bridgehead atoms. The molecule has 0 aliphatic carbocycles. The van der Waals surface area contributed by atoms with Crippen molar-refractivity contribution >= 4 is 5.91 Å². The van der Waals surface area contributed by atoms with Gasteiger partial charge in [0.1, 0.15) is 0 Å². The van der Waals surface area contributed by atoms with Crippen molar-refractivity contribution in [2.75, 3.05) is 13.1 Å². The fourth-order valence-corrected chi connectivity index (χ4v) is 1.10. The Labute approximate surface area is 93.2 Å². The number of amides is 1. The van der Waals surface area contributed by atoms with Gasteiger partial charge in [-0.3, -0.25) is 9.48 Å². The van der Waals surface area contributed by atoms with Crippen LogP contribution in [0.3, 0.4) is 0 Å². The molecule has 0 aliphatic rings. The number of nitrogens with two attached hydrogens (primary N) is 1. The van der Waals surface area contributed by atoms with Gasteiger partial charge in [-0.2, -0.15) is 5.26 Å². The molecule has 1 aromatic heterocycles. The number of carbonyl (C=O) groups excluding carboxylic acids is 1. The van der Waals surface area contributed by atoms with Gasteiger partial charge in [0.05, 0.1) is 18.8 Å².